The van der Waals surface area contributed by atoms with Gasteiger partial charge < -0.3 is 5.32 Å². The second kappa shape index (κ2) is 5.36. The highest BCUT2D eigenvalue weighted by Gasteiger charge is 2.28. The number of halogens is 1. The predicted octanol–water partition coefficient (Wildman–Crippen LogP) is 2.94. The van der Waals surface area contributed by atoms with E-state index in [0.29, 0.717) is 5.92 Å². The minimum absolute atomic E-state index is 0.110. The lowest BCUT2D eigenvalue weighted by Crippen LogP contribution is -2.27. The van der Waals surface area contributed by atoms with Gasteiger partial charge in [0.2, 0.25) is 5.82 Å². The molecule has 1 aromatic heterocycles. The van der Waals surface area contributed by atoms with Crippen molar-refractivity contribution in [3.63, 3.8) is 0 Å². The number of H-pyrrole nitrogens is 1. The van der Waals surface area contributed by atoms with Gasteiger partial charge in [-0.3, -0.25) is 9.89 Å². The number of aromatic amines is 1. The molecular weight excluding hydrogens is 320 g/mol. The van der Waals surface area contributed by atoms with E-state index in [1.807, 2.05) is 31.2 Å². The Morgan fingerprint density at radius 1 is 1.45 bits per heavy atom. The molecule has 0 aliphatic heterocycles. The lowest BCUT2D eigenvalue weighted by atomic mass is 10.1. The molecule has 5 nitrogen and oxygen atoms in total. The first-order chi connectivity index (χ1) is 9.65. The molecule has 0 radical (unpaired) electrons. The van der Waals surface area contributed by atoms with Crippen LogP contribution < -0.4 is 5.32 Å². The summed E-state index contributed by atoms with van der Waals surface area (Å²) < 4.78 is 0.974. The number of aromatic nitrogens is 3. The van der Waals surface area contributed by atoms with E-state index < -0.39 is 0 Å². The molecule has 1 atom stereocenters. The van der Waals surface area contributed by atoms with Crippen LogP contribution in [0.15, 0.2) is 28.7 Å². The van der Waals surface area contributed by atoms with Gasteiger partial charge in [-0.25, -0.2) is 4.98 Å². The quantitative estimate of drug-likeness (QED) is 0.902. The van der Waals surface area contributed by atoms with E-state index in [2.05, 4.69) is 36.4 Å². The Morgan fingerprint density at radius 2 is 2.20 bits per heavy atom. The molecule has 1 fully saturated rings. The van der Waals surface area contributed by atoms with Crippen molar-refractivity contribution in [3.8, 4) is 0 Å². The number of carbonyl (C=O) groups is 1. The number of amides is 1. The Bertz CT molecular complexity index is 636. The standard InChI is InChI=1S/C14H15BrN4O/c1-8(10-4-2-3-5-11(10)15)16-14(20)13-17-12(18-19-13)9-6-7-9/h2-5,8-9H,6-7H2,1H3,(H,16,20)(H,17,18,19). The molecular formula is C14H15BrN4O. The minimum atomic E-state index is -0.253. The summed E-state index contributed by atoms with van der Waals surface area (Å²) >= 11 is 3.49. The summed E-state index contributed by atoms with van der Waals surface area (Å²) in [5, 5.41) is 9.74. The van der Waals surface area contributed by atoms with Gasteiger partial charge in [0.05, 0.1) is 6.04 Å². The van der Waals surface area contributed by atoms with Crippen molar-refractivity contribution >= 4 is 21.8 Å². The Kier molecular flexibility index (Phi) is 3.56. The average Bonchev–Trinajstić information content (AvgIpc) is 3.16. The Balaban J connectivity index is 1.70. The molecule has 1 saturated carbocycles. The van der Waals surface area contributed by atoms with Crippen LogP contribution in [0.4, 0.5) is 0 Å². The molecule has 3 rings (SSSR count). The van der Waals surface area contributed by atoms with Crippen molar-refractivity contribution in [3.05, 3.63) is 46.0 Å². The number of carbonyl (C=O) groups excluding carboxylic acids is 1. The van der Waals surface area contributed by atoms with Crippen molar-refractivity contribution < 1.29 is 4.79 Å². The maximum Gasteiger partial charge on any atom is 0.291 e. The van der Waals surface area contributed by atoms with Crippen LogP contribution in [0.2, 0.25) is 0 Å². The highest BCUT2D eigenvalue weighted by atomic mass is 79.9. The molecule has 2 N–H and O–H groups in total. The van der Waals surface area contributed by atoms with Gasteiger partial charge in [0.1, 0.15) is 5.82 Å². The Hall–Kier alpha value is -1.69. The van der Waals surface area contributed by atoms with Crippen LogP contribution >= 0.6 is 15.9 Å². The number of nitrogens with one attached hydrogen (secondary N) is 2. The molecule has 104 valence electrons. The van der Waals surface area contributed by atoms with Crippen LogP contribution in [0, 0.1) is 0 Å². The topological polar surface area (TPSA) is 70.7 Å². The van der Waals surface area contributed by atoms with E-state index in [-0.39, 0.29) is 17.8 Å². The maximum absolute atomic E-state index is 12.1. The summed E-state index contributed by atoms with van der Waals surface area (Å²) in [7, 11) is 0. The van der Waals surface area contributed by atoms with Crippen molar-refractivity contribution in [1.29, 1.82) is 0 Å². The highest BCUT2D eigenvalue weighted by Crippen LogP contribution is 2.37. The molecule has 0 saturated heterocycles. The van der Waals surface area contributed by atoms with Crippen LogP contribution in [0.3, 0.4) is 0 Å². The molecule has 1 unspecified atom stereocenters. The Labute approximate surface area is 125 Å². The average molecular weight is 335 g/mol. The van der Waals surface area contributed by atoms with E-state index in [9.17, 15) is 4.79 Å². The zero-order chi connectivity index (χ0) is 14.1. The third kappa shape index (κ3) is 2.75. The summed E-state index contributed by atoms with van der Waals surface area (Å²) in [4.78, 5) is 16.4. The normalized spacial score (nSPS) is 15.9. The SMILES string of the molecule is CC(NC(=O)c1n[nH]c(C2CC2)n1)c1ccccc1Br. The number of hydrogen-bond acceptors (Lipinski definition) is 3. The smallest absolute Gasteiger partial charge is 0.291 e. The molecule has 1 aliphatic carbocycles. The fourth-order valence-electron chi connectivity index (χ4n) is 2.08. The summed E-state index contributed by atoms with van der Waals surface area (Å²) in [6, 6.07) is 7.71. The second-order valence-electron chi connectivity index (χ2n) is 5.04. The van der Waals surface area contributed by atoms with Gasteiger partial charge in [0.15, 0.2) is 0 Å². The van der Waals surface area contributed by atoms with E-state index in [4.69, 9.17) is 0 Å². The molecule has 1 aromatic carbocycles. The monoisotopic (exact) mass is 334 g/mol. The van der Waals surface area contributed by atoms with Gasteiger partial charge >= 0.3 is 0 Å². The molecule has 0 spiro atoms. The van der Waals surface area contributed by atoms with Gasteiger partial charge in [-0.15, -0.1) is 5.10 Å². The van der Waals surface area contributed by atoms with E-state index in [1.54, 1.807) is 0 Å². The van der Waals surface area contributed by atoms with Crippen molar-refractivity contribution in [1.82, 2.24) is 20.5 Å². The number of hydrogen-bond donors (Lipinski definition) is 2. The Morgan fingerprint density at radius 3 is 2.90 bits per heavy atom. The second-order valence-corrected chi connectivity index (χ2v) is 5.89. The molecule has 1 heterocycles. The van der Waals surface area contributed by atoms with Crippen LogP contribution in [-0.4, -0.2) is 21.1 Å². The zero-order valence-corrected chi connectivity index (χ0v) is 12.6. The molecule has 0 bridgehead atoms. The van der Waals surface area contributed by atoms with Crippen LogP contribution in [-0.2, 0) is 0 Å². The van der Waals surface area contributed by atoms with Gasteiger partial charge in [-0.05, 0) is 31.4 Å². The fourth-order valence-corrected chi connectivity index (χ4v) is 2.71. The van der Waals surface area contributed by atoms with Gasteiger partial charge in [-0.1, -0.05) is 34.1 Å². The third-order valence-corrected chi connectivity index (χ3v) is 4.11. The summed E-state index contributed by atoms with van der Waals surface area (Å²) in [6.45, 7) is 1.94. The van der Waals surface area contributed by atoms with Crippen molar-refractivity contribution in [2.45, 2.75) is 31.7 Å². The van der Waals surface area contributed by atoms with Crippen LogP contribution in [0.5, 0.6) is 0 Å². The molecule has 1 aliphatic rings. The predicted molar refractivity (Wildman–Crippen MR) is 78.4 cm³/mol. The van der Waals surface area contributed by atoms with Gasteiger partial charge in [-0.2, -0.15) is 0 Å². The highest BCUT2D eigenvalue weighted by molar-refractivity contribution is 9.10. The van der Waals surface area contributed by atoms with Gasteiger partial charge in [0.25, 0.3) is 5.91 Å². The molecule has 6 heteroatoms. The van der Waals surface area contributed by atoms with E-state index >= 15 is 0 Å². The first kappa shape index (κ1) is 13.3. The first-order valence-corrected chi connectivity index (χ1v) is 7.42. The zero-order valence-electron chi connectivity index (χ0n) is 11.1. The number of benzene rings is 1. The lowest BCUT2D eigenvalue weighted by molar-refractivity contribution is 0.0929. The maximum atomic E-state index is 12.1. The van der Waals surface area contributed by atoms with Crippen LogP contribution in [0.25, 0.3) is 0 Å². The minimum Gasteiger partial charge on any atom is -0.343 e. The van der Waals surface area contributed by atoms with Crippen molar-refractivity contribution in [2.24, 2.45) is 0 Å². The van der Waals surface area contributed by atoms with Crippen LogP contribution in [0.1, 0.15) is 53.7 Å². The van der Waals surface area contributed by atoms with Crippen molar-refractivity contribution in [2.75, 3.05) is 0 Å². The fraction of sp³-hybridized carbons (Fsp3) is 0.357. The number of rotatable bonds is 4. The summed E-state index contributed by atoms with van der Waals surface area (Å²) in [6.07, 6.45) is 2.26. The van der Waals surface area contributed by atoms with E-state index in [0.717, 1.165) is 28.7 Å². The van der Waals surface area contributed by atoms with Gasteiger partial charge in [0, 0.05) is 10.4 Å². The summed E-state index contributed by atoms with van der Waals surface area (Å²) in [5.41, 5.74) is 1.03. The molecule has 20 heavy (non-hydrogen) atoms. The first-order valence-electron chi connectivity index (χ1n) is 6.62. The van der Waals surface area contributed by atoms with E-state index in [1.165, 1.54) is 0 Å². The lowest BCUT2D eigenvalue weighted by Gasteiger charge is -2.14. The molecule has 1 amide bonds. The largest absolute Gasteiger partial charge is 0.343 e. The number of nitrogens with zero attached hydrogens (tertiary/aromatic N) is 2. The third-order valence-electron chi connectivity index (χ3n) is 3.39. The molecule has 2 aromatic rings. The summed E-state index contributed by atoms with van der Waals surface area (Å²) in [5.74, 6) is 1.25.